The summed E-state index contributed by atoms with van der Waals surface area (Å²) in [6.45, 7) is 0. The third-order valence-corrected chi connectivity index (χ3v) is 5.96. The van der Waals surface area contributed by atoms with Gasteiger partial charge in [0.15, 0.2) is 0 Å². The lowest BCUT2D eigenvalue weighted by atomic mass is 9.51. The van der Waals surface area contributed by atoms with Crippen molar-refractivity contribution in [3.8, 4) is 0 Å². The average Bonchev–Trinajstić information content (AvgIpc) is 2.83. The van der Waals surface area contributed by atoms with Gasteiger partial charge in [-0.3, -0.25) is 4.79 Å². The van der Waals surface area contributed by atoms with Crippen molar-refractivity contribution in [1.29, 1.82) is 0 Å². The maximum atomic E-state index is 10.7. The summed E-state index contributed by atoms with van der Waals surface area (Å²) in [4.78, 5) is 14.2. The molecule has 1 heterocycles. The fraction of sp³-hybridized carbons (Fsp3) is 0.706. The van der Waals surface area contributed by atoms with E-state index in [4.69, 9.17) is 5.11 Å². The van der Waals surface area contributed by atoms with Gasteiger partial charge in [-0.25, -0.2) is 0 Å². The Morgan fingerprint density at radius 1 is 1.10 bits per heavy atom. The van der Waals surface area contributed by atoms with Gasteiger partial charge in [0.1, 0.15) is 0 Å². The summed E-state index contributed by atoms with van der Waals surface area (Å²) in [7, 11) is 0. The van der Waals surface area contributed by atoms with Crippen LogP contribution >= 0.6 is 0 Å². The lowest BCUT2D eigenvalue weighted by Gasteiger charge is -2.54. The predicted molar refractivity (Wildman–Crippen MR) is 76.5 cm³/mol. The van der Waals surface area contributed by atoms with Gasteiger partial charge < -0.3 is 10.1 Å². The van der Waals surface area contributed by atoms with Gasteiger partial charge in [0.25, 0.3) is 0 Å². The first-order valence-corrected chi connectivity index (χ1v) is 8.08. The summed E-state index contributed by atoms with van der Waals surface area (Å²) >= 11 is 0. The van der Waals surface area contributed by atoms with Crippen LogP contribution in [0.5, 0.6) is 0 Å². The Labute approximate surface area is 119 Å². The molecule has 0 radical (unpaired) electrons. The minimum atomic E-state index is -0.712. The number of H-pyrrole nitrogens is 1. The molecule has 4 fully saturated rings. The summed E-state index contributed by atoms with van der Waals surface area (Å²) in [5, 5.41) is 8.78. The number of carboxylic acids is 1. The normalized spacial score (nSPS) is 38.3. The number of aromatic nitrogens is 1. The topological polar surface area (TPSA) is 53.1 Å². The lowest BCUT2D eigenvalue weighted by molar-refractivity contribution is -0.136. The number of rotatable bonds is 4. The van der Waals surface area contributed by atoms with Crippen molar-refractivity contribution < 1.29 is 9.90 Å². The maximum absolute atomic E-state index is 10.7. The molecule has 1 aromatic rings. The third kappa shape index (κ3) is 2.07. The zero-order valence-electron chi connectivity index (χ0n) is 11.8. The molecule has 0 atom stereocenters. The minimum Gasteiger partial charge on any atom is -0.481 e. The van der Waals surface area contributed by atoms with Gasteiger partial charge in [0.2, 0.25) is 0 Å². The zero-order valence-corrected chi connectivity index (χ0v) is 11.8. The van der Waals surface area contributed by atoms with E-state index in [1.807, 2.05) is 0 Å². The van der Waals surface area contributed by atoms with Crippen molar-refractivity contribution in [2.75, 3.05) is 0 Å². The molecule has 4 bridgehead atoms. The molecule has 2 N–H and O–H groups in total. The molecule has 20 heavy (non-hydrogen) atoms. The van der Waals surface area contributed by atoms with Gasteiger partial charge in [-0.1, -0.05) is 0 Å². The van der Waals surface area contributed by atoms with E-state index in [0.717, 1.165) is 35.3 Å². The zero-order chi connectivity index (χ0) is 13.7. The highest BCUT2D eigenvalue weighted by Crippen LogP contribution is 2.59. The molecule has 5 rings (SSSR count). The number of nitrogens with one attached hydrogen (secondary N) is 1. The van der Waals surface area contributed by atoms with Crippen LogP contribution in [-0.2, 0) is 11.2 Å². The number of aryl methyl sites for hydroxylation is 1. The smallest absolute Gasteiger partial charge is 0.303 e. The second kappa shape index (κ2) is 4.64. The second-order valence-electron chi connectivity index (χ2n) is 7.29. The number of carbonyl (C=O) groups is 1. The summed E-state index contributed by atoms with van der Waals surface area (Å²) in [6, 6.07) is 4.33. The van der Waals surface area contributed by atoms with Crippen molar-refractivity contribution >= 4 is 5.97 Å². The Bertz CT molecular complexity index is 491. The highest BCUT2D eigenvalue weighted by Gasteiger charge is 2.48. The highest BCUT2D eigenvalue weighted by molar-refractivity contribution is 5.66. The van der Waals surface area contributed by atoms with E-state index in [-0.39, 0.29) is 6.42 Å². The Kier molecular flexibility index (Phi) is 2.90. The van der Waals surface area contributed by atoms with E-state index in [1.165, 1.54) is 37.8 Å². The standard InChI is InChI=1S/C17H23NO2/c19-16(20)4-2-14-1-3-15(18-14)17-12-6-10-5-11(8-12)9-13(17)7-10/h1,3,10-13,17-18H,2,4-9H2,(H,19,20). The van der Waals surface area contributed by atoms with Crippen molar-refractivity contribution in [2.45, 2.75) is 50.9 Å². The van der Waals surface area contributed by atoms with E-state index in [9.17, 15) is 4.79 Å². The van der Waals surface area contributed by atoms with Gasteiger partial charge in [-0.15, -0.1) is 0 Å². The number of hydrogen-bond acceptors (Lipinski definition) is 1. The van der Waals surface area contributed by atoms with Crippen LogP contribution in [0, 0.1) is 23.7 Å². The van der Waals surface area contributed by atoms with Crippen LogP contribution in [0.3, 0.4) is 0 Å². The fourth-order valence-electron chi connectivity index (χ4n) is 5.47. The van der Waals surface area contributed by atoms with Gasteiger partial charge in [-0.2, -0.15) is 0 Å². The largest absolute Gasteiger partial charge is 0.481 e. The molecule has 4 aliphatic carbocycles. The van der Waals surface area contributed by atoms with Gasteiger partial charge in [-0.05, 0) is 74.3 Å². The van der Waals surface area contributed by atoms with Crippen molar-refractivity contribution in [2.24, 2.45) is 23.7 Å². The minimum absolute atomic E-state index is 0.224. The summed E-state index contributed by atoms with van der Waals surface area (Å²) < 4.78 is 0. The van der Waals surface area contributed by atoms with E-state index in [0.29, 0.717) is 6.42 Å². The maximum Gasteiger partial charge on any atom is 0.303 e. The van der Waals surface area contributed by atoms with E-state index in [2.05, 4.69) is 17.1 Å². The van der Waals surface area contributed by atoms with Crippen LogP contribution in [0.4, 0.5) is 0 Å². The molecule has 0 saturated heterocycles. The predicted octanol–water partition coefficient (Wildman–Crippen LogP) is 3.57. The molecule has 0 aromatic carbocycles. The lowest BCUT2D eigenvalue weighted by Crippen LogP contribution is -2.43. The molecular formula is C17H23NO2. The average molecular weight is 273 g/mol. The fourth-order valence-corrected chi connectivity index (χ4v) is 5.47. The van der Waals surface area contributed by atoms with Crippen LogP contribution in [0.15, 0.2) is 12.1 Å². The molecule has 4 aliphatic rings. The summed E-state index contributed by atoms with van der Waals surface area (Å²) in [5.74, 6) is 3.80. The SMILES string of the molecule is O=C(O)CCc1ccc(C2C3CC4CC(C3)CC2C4)[nH]1. The quantitative estimate of drug-likeness (QED) is 0.881. The molecular weight excluding hydrogens is 250 g/mol. The van der Waals surface area contributed by atoms with Gasteiger partial charge >= 0.3 is 5.97 Å². The molecule has 1 aromatic heterocycles. The number of aliphatic carboxylic acids is 1. The van der Waals surface area contributed by atoms with Crippen LogP contribution in [-0.4, -0.2) is 16.1 Å². The van der Waals surface area contributed by atoms with Gasteiger partial charge in [0.05, 0.1) is 6.42 Å². The Balaban J connectivity index is 1.51. The highest BCUT2D eigenvalue weighted by atomic mass is 16.4. The van der Waals surface area contributed by atoms with Crippen molar-refractivity contribution in [1.82, 2.24) is 4.98 Å². The van der Waals surface area contributed by atoms with Crippen LogP contribution in [0.25, 0.3) is 0 Å². The summed E-state index contributed by atoms with van der Waals surface area (Å²) in [5.41, 5.74) is 2.48. The van der Waals surface area contributed by atoms with E-state index in [1.54, 1.807) is 0 Å². The molecule has 0 amide bonds. The first-order chi connectivity index (χ1) is 9.69. The Morgan fingerprint density at radius 3 is 2.35 bits per heavy atom. The monoisotopic (exact) mass is 273 g/mol. The first kappa shape index (κ1) is 12.5. The molecule has 4 saturated carbocycles. The van der Waals surface area contributed by atoms with Crippen LogP contribution in [0.2, 0.25) is 0 Å². The number of carboxylic acid groups (broad SMARTS) is 1. The first-order valence-electron chi connectivity index (χ1n) is 8.08. The summed E-state index contributed by atoms with van der Waals surface area (Å²) in [6.07, 6.45) is 8.07. The van der Waals surface area contributed by atoms with Crippen molar-refractivity contribution in [3.63, 3.8) is 0 Å². The van der Waals surface area contributed by atoms with Crippen LogP contribution < -0.4 is 0 Å². The Morgan fingerprint density at radius 2 is 1.75 bits per heavy atom. The molecule has 0 aliphatic heterocycles. The second-order valence-corrected chi connectivity index (χ2v) is 7.29. The third-order valence-electron chi connectivity index (χ3n) is 5.96. The molecule has 3 heteroatoms. The van der Waals surface area contributed by atoms with Crippen molar-refractivity contribution in [3.05, 3.63) is 23.5 Å². The van der Waals surface area contributed by atoms with E-state index >= 15 is 0 Å². The molecule has 108 valence electrons. The molecule has 0 unspecified atom stereocenters. The van der Waals surface area contributed by atoms with Gasteiger partial charge in [0, 0.05) is 17.3 Å². The number of aromatic amines is 1. The molecule has 3 nitrogen and oxygen atoms in total. The Hall–Kier alpha value is -1.25. The van der Waals surface area contributed by atoms with Crippen LogP contribution in [0.1, 0.15) is 55.8 Å². The molecule has 0 spiro atoms. The van der Waals surface area contributed by atoms with E-state index < -0.39 is 5.97 Å². The number of hydrogen-bond donors (Lipinski definition) is 2.